The lowest BCUT2D eigenvalue weighted by atomic mass is 10.2. The van der Waals surface area contributed by atoms with Gasteiger partial charge in [-0.25, -0.2) is 0 Å². The van der Waals surface area contributed by atoms with Crippen LogP contribution in [0.25, 0.3) is 10.9 Å². The predicted molar refractivity (Wildman–Crippen MR) is 118 cm³/mol. The molecule has 2 rings (SSSR count). The third-order valence-electron chi connectivity index (χ3n) is 3.50. The van der Waals surface area contributed by atoms with Crippen LogP contribution in [0.5, 0.6) is 11.5 Å². The SMILES string of the molecule is C=CC(=O)/C(C)=N\NC(C=C)/C=N\N(C)C.Oc1ccc2ncc(OC(F)F)cc2c1. The Morgan fingerprint density at radius 2 is 2.03 bits per heavy atom. The molecule has 166 valence electrons. The van der Waals surface area contributed by atoms with E-state index in [2.05, 4.69) is 38.5 Å². The lowest BCUT2D eigenvalue weighted by molar-refractivity contribution is -0.108. The zero-order valence-electron chi connectivity index (χ0n) is 17.5. The highest BCUT2D eigenvalue weighted by Gasteiger charge is 2.06. The molecule has 1 aromatic heterocycles. The number of ketones is 1. The first kappa shape index (κ1) is 25.2. The van der Waals surface area contributed by atoms with Gasteiger partial charge in [0.2, 0.25) is 5.78 Å². The summed E-state index contributed by atoms with van der Waals surface area (Å²) < 4.78 is 28.0. The molecule has 0 aliphatic heterocycles. The topological polar surface area (TPSA) is 99.4 Å². The number of phenolic OH excluding ortho intramolecular Hbond substituents is 1. The number of phenols is 1. The molecule has 8 nitrogen and oxygen atoms in total. The maximum Gasteiger partial charge on any atom is 0.387 e. The van der Waals surface area contributed by atoms with Crippen LogP contribution < -0.4 is 10.2 Å². The Hall–Kier alpha value is -3.82. The van der Waals surface area contributed by atoms with E-state index in [4.69, 9.17) is 0 Å². The van der Waals surface area contributed by atoms with Gasteiger partial charge < -0.3 is 14.9 Å². The normalized spacial score (nSPS) is 12.1. The lowest BCUT2D eigenvalue weighted by Gasteiger charge is -2.09. The van der Waals surface area contributed by atoms with E-state index in [9.17, 15) is 18.7 Å². The average molecular weight is 433 g/mol. The van der Waals surface area contributed by atoms with Gasteiger partial charge in [-0.1, -0.05) is 12.7 Å². The number of halogens is 2. The first-order valence-electron chi connectivity index (χ1n) is 9.00. The van der Waals surface area contributed by atoms with Crippen LogP contribution in [0, 0.1) is 0 Å². The monoisotopic (exact) mass is 433 g/mol. The molecule has 0 saturated heterocycles. The molecule has 2 aromatic rings. The number of nitrogens with zero attached hydrogens (tertiary/aromatic N) is 4. The number of carbonyl (C=O) groups is 1. The maximum atomic E-state index is 11.9. The second-order valence-electron chi connectivity index (χ2n) is 6.19. The zero-order valence-corrected chi connectivity index (χ0v) is 17.5. The third-order valence-corrected chi connectivity index (χ3v) is 3.50. The number of nitrogens with one attached hydrogen (secondary N) is 1. The van der Waals surface area contributed by atoms with Gasteiger partial charge >= 0.3 is 6.61 Å². The molecule has 0 radical (unpaired) electrons. The van der Waals surface area contributed by atoms with E-state index in [-0.39, 0.29) is 23.3 Å². The molecule has 2 N–H and O–H groups in total. The molecule has 0 aliphatic carbocycles. The van der Waals surface area contributed by atoms with E-state index in [0.29, 0.717) is 16.6 Å². The number of hydrogen-bond acceptors (Lipinski definition) is 8. The molecule has 31 heavy (non-hydrogen) atoms. The summed E-state index contributed by atoms with van der Waals surface area (Å²) >= 11 is 0. The van der Waals surface area contributed by atoms with Gasteiger partial charge in [-0.05, 0) is 37.3 Å². The fraction of sp³-hybridized carbons (Fsp3) is 0.238. The van der Waals surface area contributed by atoms with Gasteiger partial charge in [0.1, 0.15) is 17.2 Å². The number of carbonyl (C=O) groups excluding carboxylic acids is 1. The van der Waals surface area contributed by atoms with Crippen LogP contribution in [-0.4, -0.2) is 59.6 Å². The van der Waals surface area contributed by atoms with E-state index in [0.717, 1.165) is 0 Å². The van der Waals surface area contributed by atoms with E-state index >= 15 is 0 Å². The fourth-order valence-corrected chi connectivity index (χ4v) is 1.99. The number of aromatic hydroxyl groups is 1. The third kappa shape index (κ3) is 9.48. The molecule has 1 heterocycles. The number of alkyl halides is 2. The van der Waals surface area contributed by atoms with E-state index in [1.165, 1.54) is 30.5 Å². The summed E-state index contributed by atoms with van der Waals surface area (Å²) in [6.07, 6.45) is 5.72. The van der Waals surface area contributed by atoms with Crippen LogP contribution >= 0.6 is 0 Å². The number of hydrogen-bond donors (Lipinski definition) is 2. The second-order valence-corrected chi connectivity index (χ2v) is 6.19. The molecule has 0 amide bonds. The highest BCUT2D eigenvalue weighted by atomic mass is 19.3. The Bertz CT molecular complexity index is 961. The van der Waals surface area contributed by atoms with E-state index in [1.54, 1.807) is 30.3 Å². The number of benzene rings is 1. The second kappa shape index (κ2) is 12.7. The highest BCUT2D eigenvalue weighted by molar-refractivity contribution is 6.42. The van der Waals surface area contributed by atoms with Gasteiger partial charge in [0.05, 0.1) is 24.0 Å². The van der Waals surface area contributed by atoms with Crippen molar-refractivity contribution in [2.45, 2.75) is 19.6 Å². The molecule has 0 spiro atoms. The van der Waals surface area contributed by atoms with Crippen molar-refractivity contribution in [3.05, 3.63) is 55.8 Å². The van der Waals surface area contributed by atoms with Gasteiger partial charge in [0, 0.05) is 19.5 Å². The van der Waals surface area contributed by atoms with Crippen LogP contribution in [0.4, 0.5) is 8.78 Å². The highest BCUT2D eigenvalue weighted by Crippen LogP contribution is 2.23. The average Bonchev–Trinajstić information content (AvgIpc) is 2.72. The zero-order chi connectivity index (χ0) is 23.4. The largest absolute Gasteiger partial charge is 0.508 e. The number of rotatable bonds is 9. The number of fused-ring (bicyclic) bond motifs is 1. The Balaban J connectivity index is 0.000000310. The molecule has 0 saturated carbocycles. The summed E-state index contributed by atoms with van der Waals surface area (Å²) in [7, 11) is 3.62. The number of ether oxygens (including phenoxy) is 1. The van der Waals surface area contributed by atoms with Gasteiger partial charge in [-0.15, -0.1) is 6.58 Å². The van der Waals surface area contributed by atoms with Crippen molar-refractivity contribution >= 4 is 28.6 Å². The summed E-state index contributed by atoms with van der Waals surface area (Å²) in [5.74, 6) is -0.179. The Labute approximate surface area is 179 Å². The minimum Gasteiger partial charge on any atom is -0.508 e. The smallest absolute Gasteiger partial charge is 0.387 e. The van der Waals surface area contributed by atoms with Crippen molar-refractivity contribution in [2.75, 3.05) is 14.1 Å². The first-order valence-corrected chi connectivity index (χ1v) is 9.00. The van der Waals surface area contributed by atoms with Crippen molar-refractivity contribution in [3.63, 3.8) is 0 Å². The molecule has 1 atom stereocenters. The molecular weight excluding hydrogens is 408 g/mol. The summed E-state index contributed by atoms with van der Waals surface area (Å²) in [6, 6.07) is 5.68. The molecule has 0 bridgehead atoms. The van der Waals surface area contributed by atoms with Gasteiger partial charge in [0.15, 0.2) is 0 Å². The van der Waals surface area contributed by atoms with Crippen molar-refractivity contribution in [1.29, 1.82) is 0 Å². The predicted octanol–water partition coefficient (Wildman–Crippen LogP) is 3.35. The van der Waals surface area contributed by atoms with Crippen LogP contribution in [0.1, 0.15) is 6.92 Å². The quantitative estimate of drug-likeness (QED) is 0.272. The number of pyridine rings is 1. The van der Waals surface area contributed by atoms with Crippen LogP contribution in [0.3, 0.4) is 0 Å². The Morgan fingerprint density at radius 3 is 2.61 bits per heavy atom. The van der Waals surface area contributed by atoms with Gasteiger partial charge in [-0.2, -0.15) is 19.0 Å². The fourth-order valence-electron chi connectivity index (χ4n) is 1.99. The van der Waals surface area contributed by atoms with Crippen molar-refractivity contribution in [2.24, 2.45) is 10.2 Å². The van der Waals surface area contributed by atoms with Crippen molar-refractivity contribution in [1.82, 2.24) is 15.4 Å². The Kier molecular flexibility index (Phi) is 10.3. The maximum absolute atomic E-state index is 11.9. The standard InChI is InChI=1S/C11H18N4O.C10H7F2NO2/c1-6-10(8-12-15(4)5)14-13-9(3)11(16)7-2;11-10(12)15-8-4-6-3-7(14)1-2-9(6)13-5-8/h6-8,10,14H,1-2H2,3-5H3;1-5,10,14H/b12-8-,13-9-;. The molecule has 0 aliphatic rings. The van der Waals surface area contributed by atoms with Crippen LogP contribution in [0.2, 0.25) is 0 Å². The number of hydrazone groups is 2. The molecule has 10 heteroatoms. The van der Waals surface area contributed by atoms with Gasteiger partial charge in [-0.3, -0.25) is 15.2 Å². The van der Waals surface area contributed by atoms with Crippen LogP contribution in [0.15, 0.2) is 66.0 Å². The minimum atomic E-state index is -2.87. The molecular formula is C21H25F2N5O3. The molecule has 0 fully saturated rings. The van der Waals surface area contributed by atoms with E-state index < -0.39 is 6.61 Å². The van der Waals surface area contributed by atoms with Crippen molar-refractivity contribution in [3.8, 4) is 11.5 Å². The summed E-state index contributed by atoms with van der Waals surface area (Å²) in [5, 5.41) is 19.3. The first-order chi connectivity index (χ1) is 14.7. The number of aromatic nitrogens is 1. The lowest BCUT2D eigenvalue weighted by Crippen LogP contribution is -2.26. The van der Waals surface area contributed by atoms with E-state index in [1.807, 2.05) is 14.1 Å². The number of allylic oxidation sites excluding steroid dienone is 1. The van der Waals surface area contributed by atoms with Crippen molar-refractivity contribution < 1.29 is 23.4 Å². The summed E-state index contributed by atoms with van der Waals surface area (Å²) in [5.41, 5.74) is 3.72. The van der Waals surface area contributed by atoms with Crippen LogP contribution in [-0.2, 0) is 4.79 Å². The summed E-state index contributed by atoms with van der Waals surface area (Å²) in [6.45, 7) is 5.75. The minimum absolute atomic E-state index is 0.0249. The molecule has 1 aromatic carbocycles. The molecule has 1 unspecified atom stereocenters. The van der Waals surface area contributed by atoms with Gasteiger partial charge in [0.25, 0.3) is 0 Å². The summed E-state index contributed by atoms with van der Waals surface area (Å²) in [4.78, 5) is 15.0. The Morgan fingerprint density at radius 1 is 1.32 bits per heavy atom.